The van der Waals surface area contributed by atoms with Crippen molar-refractivity contribution in [2.75, 3.05) is 18.5 Å². The summed E-state index contributed by atoms with van der Waals surface area (Å²) in [4.78, 5) is 2.34. The predicted octanol–water partition coefficient (Wildman–Crippen LogP) is 3.73. The van der Waals surface area contributed by atoms with Crippen molar-refractivity contribution in [1.82, 2.24) is 5.32 Å². The summed E-state index contributed by atoms with van der Waals surface area (Å²) >= 11 is 0. The highest BCUT2D eigenvalue weighted by atomic mass is 15.1. The molecule has 0 aliphatic heterocycles. The van der Waals surface area contributed by atoms with Crippen molar-refractivity contribution in [3.05, 3.63) is 29.3 Å². The number of nitrogens with one attached hydrogen (secondary N) is 1. The van der Waals surface area contributed by atoms with Crippen molar-refractivity contribution in [3.63, 3.8) is 0 Å². The summed E-state index contributed by atoms with van der Waals surface area (Å²) < 4.78 is 0. The van der Waals surface area contributed by atoms with Crippen LogP contribution in [-0.2, 0) is 6.54 Å². The van der Waals surface area contributed by atoms with Crippen molar-refractivity contribution in [1.29, 1.82) is 0 Å². The lowest BCUT2D eigenvalue weighted by Crippen LogP contribution is -2.22. The maximum absolute atomic E-state index is 3.47. The summed E-state index contributed by atoms with van der Waals surface area (Å²) in [6.45, 7) is 10.9. The number of hydrogen-bond acceptors (Lipinski definition) is 2. The van der Waals surface area contributed by atoms with E-state index in [1.54, 1.807) is 0 Å². The summed E-state index contributed by atoms with van der Waals surface area (Å²) in [5.41, 5.74) is 4.11. The van der Waals surface area contributed by atoms with Crippen molar-refractivity contribution >= 4 is 5.69 Å². The standard InChI is InChI=1S/C16H28N2/c1-6-7-10-18(5)16-9-8-15(14(4)11-16)12-17-13(2)3/h8-9,11,13,17H,6-7,10,12H2,1-5H3. The first-order valence-electron chi connectivity index (χ1n) is 7.08. The van der Waals surface area contributed by atoms with E-state index < -0.39 is 0 Å². The Bertz CT molecular complexity index is 358. The molecule has 0 heterocycles. The van der Waals surface area contributed by atoms with Crippen LogP contribution in [0.1, 0.15) is 44.7 Å². The Labute approximate surface area is 112 Å². The van der Waals surface area contributed by atoms with E-state index in [9.17, 15) is 0 Å². The number of nitrogens with zero attached hydrogens (tertiary/aromatic N) is 1. The molecule has 0 saturated carbocycles. The number of benzene rings is 1. The topological polar surface area (TPSA) is 15.3 Å². The largest absolute Gasteiger partial charge is 0.375 e. The average molecular weight is 248 g/mol. The molecule has 0 aliphatic rings. The van der Waals surface area contributed by atoms with E-state index in [0.717, 1.165) is 13.1 Å². The molecule has 0 saturated heterocycles. The molecular weight excluding hydrogens is 220 g/mol. The molecule has 0 aliphatic carbocycles. The van der Waals surface area contributed by atoms with Crippen LogP contribution in [0.4, 0.5) is 5.69 Å². The minimum Gasteiger partial charge on any atom is -0.375 e. The molecule has 0 amide bonds. The van der Waals surface area contributed by atoms with Gasteiger partial charge in [0.2, 0.25) is 0 Å². The molecule has 102 valence electrons. The normalized spacial score (nSPS) is 11.0. The number of aryl methyl sites for hydroxylation is 1. The van der Waals surface area contributed by atoms with Crippen LogP contribution in [0.25, 0.3) is 0 Å². The molecule has 18 heavy (non-hydrogen) atoms. The second-order valence-corrected chi connectivity index (χ2v) is 5.42. The van der Waals surface area contributed by atoms with Gasteiger partial charge in [-0.25, -0.2) is 0 Å². The number of anilines is 1. The molecule has 0 fully saturated rings. The molecule has 1 aromatic carbocycles. The lowest BCUT2D eigenvalue weighted by Gasteiger charge is -2.20. The zero-order valence-corrected chi connectivity index (χ0v) is 12.6. The van der Waals surface area contributed by atoms with Crippen LogP contribution in [0.5, 0.6) is 0 Å². The summed E-state index contributed by atoms with van der Waals surface area (Å²) in [5, 5.41) is 3.47. The first-order chi connectivity index (χ1) is 8.54. The molecule has 1 aromatic rings. The fraction of sp³-hybridized carbons (Fsp3) is 0.625. The summed E-state index contributed by atoms with van der Waals surface area (Å²) in [5.74, 6) is 0. The first-order valence-corrected chi connectivity index (χ1v) is 7.08. The first kappa shape index (κ1) is 15.0. The summed E-state index contributed by atoms with van der Waals surface area (Å²) in [6, 6.07) is 7.33. The van der Waals surface area contributed by atoms with Gasteiger partial charge in [0.25, 0.3) is 0 Å². The summed E-state index contributed by atoms with van der Waals surface area (Å²) in [7, 11) is 2.18. The molecule has 0 spiro atoms. The Hall–Kier alpha value is -1.02. The molecule has 2 nitrogen and oxygen atoms in total. The van der Waals surface area contributed by atoms with Gasteiger partial charge < -0.3 is 10.2 Å². The maximum atomic E-state index is 3.47. The smallest absolute Gasteiger partial charge is 0.0366 e. The van der Waals surface area contributed by atoms with E-state index in [2.05, 4.69) is 63.2 Å². The van der Waals surface area contributed by atoms with Crippen LogP contribution in [0.15, 0.2) is 18.2 Å². The molecule has 0 radical (unpaired) electrons. The van der Waals surface area contributed by atoms with Crippen LogP contribution in [-0.4, -0.2) is 19.6 Å². The van der Waals surface area contributed by atoms with Crippen LogP contribution in [0.3, 0.4) is 0 Å². The minimum absolute atomic E-state index is 0.538. The van der Waals surface area contributed by atoms with E-state index in [4.69, 9.17) is 0 Å². The van der Waals surface area contributed by atoms with Gasteiger partial charge in [-0.3, -0.25) is 0 Å². The third kappa shape index (κ3) is 4.69. The SMILES string of the molecule is CCCCN(C)c1ccc(CNC(C)C)c(C)c1. The molecule has 2 heteroatoms. The highest BCUT2D eigenvalue weighted by Gasteiger charge is 2.04. The van der Waals surface area contributed by atoms with E-state index >= 15 is 0 Å². The second-order valence-electron chi connectivity index (χ2n) is 5.42. The summed E-state index contributed by atoms with van der Waals surface area (Å²) in [6.07, 6.45) is 2.51. The van der Waals surface area contributed by atoms with Crippen molar-refractivity contribution in [2.24, 2.45) is 0 Å². The molecule has 0 aromatic heterocycles. The quantitative estimate of drug-likeness (QED) is 0.791. The highest BCUT2D eigenvalue weighted by Crippen LogP contribution is 2.18. The Balaban J connectivity index is 2.66. The van der Waals surface area contributed by atoms with Gasteiger partial charge in [-0.1, -0.05) is 33.3 Å². The molecule has 0 bridgehead atoms. The van der Waals surface area contributed by atoms with Gasteiger partial charge in [0.15, 0.2) is 0 Å². The van der Waals surface area contributed by atoms with Crippen molar-refractivity contribution in [3.8, 4) is 0 Å². The minimum atomic E-state index is 0.538. The number of rotatable bonds is 7. The Morgan fingerprint density at radius 1 is 1.28 bits per heavy atom. The lowest BCUT2D eigenvalue weighted by atomic mass is 10.1. The van der Waals surface area contributed by atoms with Gasteiger partial charge in [0, 0.05) is 31.9 Å². The van der Waals surface area contributed by atoms with Gasteiger partial charge >= 0.3 is 0 Å². The number of unbranched alkanes of at least 4 members (excludes halogenated alkanes) is 1. The zero-order valence-electron chi connectivity index (χ0n) is 12.6. The van der Waals surface area contributed by atoms with Gasteiger partial charge in [-0.15, -0.1) is 0 Å². The average Bonchev–Trinajstić information content (AvgIpc) is 2.34. The van der Waals surface area contributed by atoms with E-state index in [1.807, 2.05) is 0 Å². The second kappa shape index (κ2) is 7.42. The van der Waals surface area contributed by atoms with Crippen molar-refractivity contribution in [2.45, 2.75) is 53.1 Å². The van der Waals surface area contributed by atoms with Crippen LogP contribution in [0, 0.1) is 6.92 Å². The molecular formula is C16H28N2. The van der Waals surface area contributed by atoms with Crippen molar-refractivity contribution < 1.29 is 0 Å². The van der Waals surface area contributed by atoms with E-state index in [0.29, 0.717) is 6.04 Å². The Morgan fingerprint density at radius 3 is 2.56 bits per heavy atom. The number of hydrogen-bond donors (Lipinski definition) is 1. The molecule has 1 rings (SSSR count). The monoisotopic (exact) mass is 248 g/mol. The Morgan fingerprint density at radius 2 is 2.00 bits per heavy atom. The maximum Gasteiger partial charge on any atom is 0.0366 e. The van der Waals surface area contributed by atoms with Crippen LogP contribution >= 0.6 is 0 Å². The predicted molar refractivity (Wildman–Crippen MR) is 81.3 cm³/mol. The molecule has 0 unspecified atom stereocenters. The molecule has 1 N–H and O–H groups in total. The van der Waals surface area contributed by atoms with Crippen LogP contribution < -0.4 is 10.2 Å². The highest BCUT2D eigenvalue weighted by molar-refractivity contribution is 5.50. The van der Waals surface area contributed by atoms with Gasteiger partial charge in [0.1, 0.15) is 0 Å². The zero-order chi connectivity index (χ0) is 13.5. The van der Waals surface area contributed by atoms with Gasteiger partial charge in [-0.05, 0) is 36.6 Å². The van der Waals surface area contributed by atoms with E-state index in [1.165, 1.54) is 29.7 Å². The van der Waals surface area contributed by atoms with Gasteiger partial charge in [0.05, 0.1) is 0 Å². The third-order valence-electron chi connectivity index (χ3n) is 3.31. The Kier molecular flexibility index (Phi) is 6.20. The fourth-order valence-corrected chi connectivity index (χ4v) is 1.95. The third-order valence-corrected chi connectivity index (χ3v) is 3.31. The van der Waals surface area contributed by atoms with E-state index in [-0.39, 0.29) is 0 Å². The lowest BCUT2D eigenvalue weighted by molar-refractivity contribution is 0.587. The molecule has 0 atom stereocenters. The van der Waals surface area contributed by atoms with Crippen LogP contribution in [0.2, 0.25) is 0 Å². The fourth-order valence-electron chi connectivity index (χ4n) is 1.95. The van der Waals surface area contributed by atoms with Gasteiger partial charge in [-0.2, -0.15) is 0 Å².